The van der Waals surface area contributed by atoms with Gasteiger partial charge in [0.2, 0.25) is 0 Å². The topological polar surface area (TPSA) is 268 Å². The maximum absolute atomic E-state index is 9.24. The second kappa shape index (κ2) is 32.8. The second-order valence-corrected chi connectivity index (χ2v) is 14.2. The molecule has 0 saturated carbocycles. The van der Waals surface area contributed by atoms with Crippen molar-refractivity contribution in [2.75, 3.05) is 5.34 Å². The van der Waals surface area contributed by atoms with Crippen molar-refractivity contribution < 1.29 is 69.7 Å². The number of hydrogen-bond donors (Lipinski definition) is 0. The summed E-state index contributed by atoms with van der Waals surface area (Å²) in [5.41, 5.74) is 2.69. The van der Waals surface area contributed by atoms with Crippen molar-refractivity contribution >= 4 is 125 Å². The Bertz CT molecular complexity index is 868. The standard InChI is InChI=1S/2C7H7.CH2Cl2.3O5P2.2Sn/c2*1-7-5-3-2-4-6-7;2-1-3;3*1-6(2)5-7(3)4;;/h2*3-6H,1H3;1H2;;;;;/q;;;;;;2*+3. The van der Waals surface area contributed by atoms with E-state index in [4.69, 9.17) is 23.2 Å². The molecule has 0 radical (unpaired) electrons. The summed E-state index contributed by atoms with van der Waals surface area (Å²) in [6.45, 7) is 4.21. The fourth-order valence-electron chi connectivity index (χ4n) is 1.27. The predicted octanol–water partition coefficient (Wildman–Crippen LogP) is 0.114. The summed E-state index contributed by atoms with van der Waals surface area (Å²) in [4.78, 5) is 55.4. The van der Waals surface area contributed by atoms with Crippen LogP contribution in [0.25, 0.3) is 0 Å². The molecule has 15 nitrogen and oxygen atoms in total. The molecule has 0 aromatic heterocycles. The molecule has 0 N–H and O–H groups in total. The van der Waals surface area contributed by atoms with Gasteiger partial charge in [-0.1, -0.05) is 0 Å². The molecule has 2 rings (SSSR count). The number of alkyl halides is 2. The van der Waals surface area contributed by atoms with Gasteiger partial charge in [-0.15, -0.1) is 23.2 Å². The molecule has 6 atom stereocenters. The van der Waals surface area contributed by atoms with Crippen LogP contribution < -0.4 is 36.5 Å². The van der Waals surface area contributed by atoms with Crippen LogP contribution in [0.5, 0.6) is 0 Å². The molecule has 0 fully saturated rings. The monoisotopic (exact) mass is 932 g/mol. The summed E-state index contributed by atoms with van der Waals surface area (Å²) < 4.78 is 67.8. The summed E-state index contributed by atoms with van der Waals surface area (Å²) in [6, 6.07) is 17.2. The maximum atomic E-state index is 9.24. The zero-order valence-electron chi connectivity index (χ0n) is 19.9. The molecule has 0 amide bonds. The molecule has 212 valence electrons. The molecule has 2 aromatic carbocycles. The van der Waals surface area contributed by atoms with Crippen LogP contribution in [0.1, 0.15) is 11.1 Å². The first-order chi connectivity index (χ1) is 18.4. The smallest absolute Gasteiger partial charge is 0.543 e. The van der Waals surface area contributed by atoms with Crippen LogP contribution >= 0.6 is 72.7 Å². The van der Waals surface area contributed by atoms with Gasteiger partial charge in [-0.2, -0.15) is 0 Å². The third-order valence-electron chi connectivity index (χ3n) is 2.50. The SMILES string of the molecule is Cc1cc[c]([Sn+3])cc1.Cc1cc[c]([Sn+3])cc1.ClCCl.O=[P+]([O-])O[P+](=O)[O-].O=[P+]([O-])O[P+](=O)[O-].O=[P+]([O-])O[P+](=O)[O-]. The van der Waals surface area contributed by atoms with Crippen molar-refractivity contribution in [3.05, 3.63) is 59.7 Å². The molecule has 0 aliphatic heterocycles. The van der Waals surface area contributed by atoms with Crippen LogP contribution in [0.15, 0.2) is 48.5 Å². The van der Waals surface area contributed by atoms with Gasteiger partial charge in [0.05, 0.1) is 5.34 Å². The molecule has 0 aliphatic rings. The minimum absolute atomic E-state index is 0.194. The summed E-state index contributed by atoms with van der Waals surface area (Å²) in [5, 5.41) is 0.194. The minimum Gasteiger partial charge on any atom is -0.563 e. The molecule has 0 spiro atoms. The van der Waals surface area contributed by atoms with Crippen molar-refractivity contribution in [3.8, 4) is 0 Å². The normalized spacial score (nSPS) is 11.2. The van der Waals surface area contributed by atoms with Crippen LogP contribution in [-0.2, 0) is 40.3 Å². The molecule has 0 heterocycles. The van der Waals surface area contributed by atoms with Crippen molar-refractivity contribution in [3.63, 3.8) is 0 Å². The van der Waals surface area contributed by atoms with E-state index in [1.807, 2.05) is 0 Å². The van der Waals surface area contributed by atoms with Crippen LogP contribution in [-0.4, -0.2) is 50.4 Å². The minimum atomic E-state index is -3.24. The van der Waals surface area contributed by atoms with E-state index in [0.29, 0.717) is 0 Å². The number of benzene rings is 2. The molecule has 6 unspecified atom stereocenters. The van der Waals surface area contributed by atoms with E-state index in [9.17, 15) is 56.8 Å². The van der Waals surface area contributed by atoms with E-state index in [0.717, 1.165) is 0 Å². The van der Waals surface area contributed by atoms with Crippen molar-refractivity contribution in [1.82, 2.24) is 0 Å². The Kier molecular flexibility index (Phi) is 39.1. The van der Waals surface area contributed by atoms with E-state index in [-0.39, 0.29) is 5.34 Å². The third kappa shape index (κ3) is 51.6. The van der Waals surface area contributed by atoms with Gasteiger partial charge < -0.3 is 29.4 Å². The number of hydrogen-bond acceptors (Lipinski definition) is 15. The molecule has 25 heteroatoms. The molecular formula is C15H16Cl2O15P6Sn2+6. The van der Waals surface area contributed by atoms with Crippen molar-refractivity contribution in [2.24, 2.45) is 0 Å². The van der Waals surface area contributed by atoms with Gasteiger partial charge in [-0.25, -0.2) is 0 Å². The fraction of sp³-hybridized carbons (Fsp3) is 0.200. The molecule has 2 aromatic rings. The summed E-state index contributed by atoms with van der Waals surface area (Å²) in [6.07, 6.45) is 0. The average Bonchev–Trinajstić information content (AvgIpc) is 2.77. The van der Waals surface area contributed by atoms with E-state index >= 15 is 0 Å². The first kappa shape index (κ1) is 47.8. The number of aryl methyl sites for hydroxylation is 2. The molecule has 0 saturated heterocycles. The molecule has 0 aliphatic carbocycles. The first-order valence-electron chi connectivity index (χ1n) is 8.96. The van der Waals surface area contributed by atoms with Gasteiger partial charge in [0.15, 0.2) is 0 Å². The van der Waals surface area contributed by atoms with Crippen LogP contribution in [0.3, 0.4) is 0 Å². The van der Waals surface area contributed by atoms with Gasteiger partial charge in [-0.05, 0) is 27.4 Å². The molecule has 0 bridgehead atoms. The zero-order valence-corrected chi connectivity index (χ0v) is 32.5. The Balaban J connectivity index is -0.000000198. The van der Waals surface area contributed by atoms with E-state index < -0.39 is 49.5 Å². The molecular weight excluding hydrogens is 914 g/mol. The Labute approximate surface area is 271 Å². The van der Waals surface area contributed by atoms with Crippen LogP contribution in [0.4, 0.5) is 0 Å². The van der Waals surface area contributed by atoms with Gasteiger partial charge in [0.1, 0.15) is 12.9 Å². The van der Waals surface area contributed by atoms with Crippen molar-refractivity contribution in [1.29, 1.82) is 0 Å². The molecule has 40 heavy (non-hydrogen) atoms. The first-order valence-corrected chi connectivity index (χ1v) is 19.5. The Hall–Kier alpha value is 0.857. The van der Waals surface area contributed by atoms with Gasteiger partial charge in [0, 0.05) is 0 Å². The van der Waals surface area contributed by atoms with E-state index in [2.05, 4.69) is 75.3 Å². The van der Waals surface area contributed by atoms with Crippen molar-refractivity contribution in [2.45, 2.75) is 13.8 Å². The van der Waals surface area contributed by atoms with Gasteiger partial charge in [-0.3, -0.25) is 0 Å². The maximum Gasteiger partial charge on any atom is 0.543 e. The Morgan fingerprint density at radius 3 is 0.750 bits per heavy atom. The van der Waals surface area contributed by atoms with E-state index in [1.54, 1.807) is 0 Å². The number of rotatable bonds is 6. The Morgan fingerprint density at radius 2 is 0.675 bits per heavy atom. The largest absolute Gasteiger partial charge is 0.563 e. The number of halogens is 2. The fourth-order valence-corrected chi connectivity index (χ4v) is 3.53. The third-order valence-corrected chi connectivity index (χ3v) is 7.61. The van der Waals surface area contributed by atoms with Gasteiger partial charge >= 0.3 is 175 Å². The van der Waals surface area contributed by atoms with E-state index in [1.165, 1.54) is 63.3 Å². The zero-order chi connectivity index (χ0) is 32.3. The predicted molar refractivity (Wildman–Crippen MR) is 139 cm³/mol. The van der Waals surface area contributed by atoms with Gasteiger partial charge in [0.25, 0.3) is 0 Å². The Morgan fingerprint density at radius 1 is 0.525 bits per heavy atom. The van der Waals surface area contributed by atoms with Crippen LogP contribution in [0, 0.1) is 13.8 Å². The van der Waals surface area contributed by atoms with Crippen LogP contribution in [0.2, 0.25) is 0 Å². The summed E-state index contributed by atoms with van der Waals surface area (Å²) in [5.74, 6) is 0. The average molecular weight is 930 g/mol. The summed E-state index contributed by atoms with van der Waals surface area (Å²) >= 11 is 12.5. The second-order valence-electron chi connectivity index (χ2n) is 5.42. The quantitative estimate of drug-likeness (QED) is 0.211. The summed E-state index contributed by atoms with van der Waals surface area (Å²) in [7, 11) is -19.4.